The Hall–Kier alpha value is -0.590. The molecule has 0 aliphatic carbocycles. The van der Waals surface area contributed by atoms with E-state index < -0.39 is 5.54 Å². The molecular formula is C11H21N3. The molecule has 1 atom stereocenters. The lowest BCUT2D eigenvalue weighted by Gasteiger charge is -2.31. The predicted molar refractivity (Wildman–Crippen MR) is 57.7 cm³/mol. The molecule has 1 heterocycles. The number of likely N-dealkylation sites (tertiary alicyclic amines) is 1. The van der Waals surface area contributed by atoms with Crippen LogP contribution in [0.15, 0.2) is 0 Å². The zero-order chi connectivity index (χ0) is 10.6. The van der Waals surface area contributed by atoms with E-state index in [2.05, 4.69) is 17.9 Å². The fourth-order valence-electron chi connectivity index (χ4n) is 1.73. The van der Waals surface area contributed by atoms with E-state index in [0.29, 0.717) is 0 Å². The molecule has 0 saturated carbocycles. The summed E-state index contributed by atoms with van der Waals surface area (Å²) in [5.74, 6) is 0.867. The Kier molecular flexibility index (Phi) is 3.91. The Balaban J connectivity index is 2.23. The molecule has 0 radical (unpaired) electrons. The molecular weight excluding hydrogens is 174 g/mol. The first-order valence-corrected chi connectivity index (χ1v) is 5.46. The number of hydrogen-bond donors (Lipinski definition) is 1. The van der Waals surface area contributed by atoms with Gasteiger partial charge in [-0.1, -0.05) is 6.92 Å². The van der Waals surface area contributed by atoms with Crippen LogP contribution in [0.1, 0.15) is 33.1 Å². The molecule has 3 nitrogen and oxygen atoms in total. The second kappa shape index (κ2) is 4.77. The maximum Gasteiger partial charge on any atom is 0.102 e. The van der Waals surface area contributed by atoms with Gasteiger partial charge < -0.3 is 10.6 Å². The van der Waals surface area contributed by atoms with E-state index in [-0.39, 0.29) is 0 Å². The zero-order valence-electron chi connectivity index (χ0n) is 9.29. The molecule has 1 aliphatic heterocycles. The number of piperidine rings is 1. The monoisotopic (exact) mass is 195 g/mol. The number of hydrogen-bond acceptors (Lipinski definition) is 3. The third-order valence-corrected chi connectivity index (χ3v) is 3.08. The largest absolute Gasteiger partial charge is 0.314 e. The van der Waals surface area contributed by atoms with Gasteiger partial charge in [0, 0.05) is 6.54 Å². The zero-order valence-corrected chi connectivity index (χ0v) is 9.29. The van der Waals surface area contributed by atoms with Crippen molar-refractivity contribution in [2.75, 3.05) is 19.6 Å². The van der Waals surface area contributed by atoms with Gasteiger partial charge >= 0.3 is 0 Å². The molecule has 0 aromatic rings. The Morgan fingerprint density at radius 3 is 2.57 bits per heavy atom. The van der Waals surface area contributed by atoms with Crippen molar-refractivity contribution in [1.29, 1.82) is 5.26 Å². The highest BCUT2D eigenvalue weighted by molar-refractivity contribution is 5.01. The molecule has 1 fully saturated rings. The lowest BCUT2D eigenvalue weighted by molar-refractivity contribution is 0.183. The van der Waals surface area contributed by atoms with Crippen LogP contribution in [0.4, 0.5) is 0 Å². The molecule has 1 saturated heterocycles. The standard InChI is InChI=1S/C11H21N3/c1-10-3-6-14(7-4-10)8-5-11(2,13)9-12/h10H,3-8,13H2,1-2H3. The van der Waals surface area contributed by atoms with E-state index in [1.165, 1.54) is 25.9 Å². The third kappa shape index (κ3) is 3.65. The van der Waals surface area contributed by atoms with E-state index in [9.17, 15) is 0 Å². The van der Waals surface area contributed by atoms with Crippen molar-refractivity contribution >= 4 is 0 Å². The molecule has 3 heteroatoms. The van der Waals surface area contributed by atoms with Crippen LogP contribution in [0.5, 0.6) is 0 Å². The maximum atomic E-state index is 8.77. The van der Waals surface area contributed by atoms with Crippen LogP contribution in [0.3, 0.4) is 0 Å². The average molecular weight is 195 g/mol. The van der Waals surface area contributed by atoms with Crippen molar-refractivity contribution in [3.05, 3.63) is 0 Å². The van der Waals surface area contributed by atoms with E-state index >= 15 is 0 Å². The summed E-state index contributed by atoms with van der Waals surface area (Å²) in [6.45, 7) is 7.41. The Bertz CT molecular complexity index is 209. The first kappa shape index (κ1) is 11.5. The van der Waals surface area contributed by atoms with E-state index in [4.69, 9.17) is 11.0 Å². The SMILES string of the molecule is CC1CCN(CCC(C)(N)C#N)CC1. The topological polar surface area (TPSA) is 53.0 Å². The highest BCUT2D eigenvalue weighted by atomic mass is 15.1. The number of nitrogens with zero attached hydrogens (tertiary/aromatic N) is 2. The van der Waals surface area contributed by atoms with Crippen LogP contribution in [0.2, 0.25) is 0 Å². The summed E-state index contributed by atoms with van der Waals surface area (Å²) in [6, 6.07) is 2.14. The van der Waals surface area contributed by atoms with Crippen LogP contribution in [0.25, 0.3) is 0 Å². The second-order valence-corrected chi connectivity index (χ2v) is 4.80. The first-order valence-electron chi connectivity index (χ1n) is 5.46. The number of nitriles is 1. The molecule has 80 valence electrons. The molecule has 2 N–H and O–H groups in total. The first-order chi connectivity index (χ1) is 6.53. The number of nitrogens with two attached hydrogens (primary N) is 1. The molecule has 0 amide bonds. The third-order valence-electron chi connectivity index (χ3n) is 3.08. The summed E-state index contributed by atoms with van der Waals surface area (Å²) in [5, 5.41) is 8.77. The molecule has 1 unspecified atom stereocenters. The predicted octanol–water partition coefficient (Wildman–Crippen LogP) is 1.35. The van der Waals surface area contributed by atoms with Crippen molar-refractivity contribution in [3.63, 3.8) is 0 Å². The van der Waals surface area contributed by atoms with Gasteiger partial charge in [-0.15, -0.1) is 0 Å². The maximum absolute atomic E-state index is 8.77. The fourth-order valence-corrected chi connectivity index (χ4v) is 1.73. The van der Waals surface area contributed by atoms with Gasteiger partial charge in [0.1, 0.15) is 5.54 Å². The van der Waals surface area contributed by atoms with Crippen molar-refractivity contribution < 1.29 is 0 Å². The van der Waals surface area contributed by atoms with E-state index in [1.54, 1.807) is 6.92 Å². The van der Waals surface area contributed by atoms with Gasteiger partial charge in [0.2, 0.25) is 0 Å². The van der Waals surface area contributed by atoms with Crippen LogP contribution in [0, 0.1) is 17.2 Å². The van der Waals surface area contributed by atoms with Crippen LogP contribution >= 0.6 is 0 Å². The summed E-state index contributed by atoms with van der Waals surface area (Å²) in [6.07, 6.45) is 3.35. The van der Waals surface area contributed by atoms with Gasteiger partial charge in [0.15, 0.2) is 0 Å². The molecule has 0 aromatic carbocycles. The van der Waals surface area contributed by atoms with Crippen molar-refractivity contribution in [2.24, 2.45) is 11.7 Å². The molecule has 1 rings (SSSR count). The lowest BCUT2D eigenvalue weighted by atomic mass is 9.97. The van der Waals surface area contributed by atoms with Crippen LogP contribution in [-0.2, 0) is 0 Å². The second-order valence-electron chi connectivity index (χ2n) is 4.80. The minimum atomic E-state index is -0.650. The summed E-state index contributed by atoms with van der Waals surface area (Å²) < 4.78 is 0. The summed E-state index contributed by atoms with van der Waals surface area (Å²) in [4.78, 5) is 2.42. The van der Waals surface area contributed by atoms with E-state index in [1.807, 2.05) is 0 Å². The van der Waals surface area contributed by atoms with Gasteiger partial charge in [-0.25, -0.2) is 0 Å². The quantitative estimate of drug-likeness (QED) is 0.739. The molecule has 0 spiro atoms. The van der Waals surface area contributed by atoms with Crippen LogP contribution in [-0.4, -0.2) is 30.1 Å². The summed E-state index contributed by atoms with van der Waals surface area (Å²) in [5.41, 5.74) is 5.12. The number of rotatable bonds is 3. The summed E-state index contributed by atoms with van der Waals surface area (Å²) in [7, 11) is 0. The fraction of sp³-hybridized carbons (Fsp3) is 0.909. The Labute approximate surface area is 86.9 Å². The molecule has 1 aliphatic rings. The average Bonchev–Trinajstić information content (AvgIpc) is 2.17. The highest BCUT2D eigenvalue weighted by Crippen LogP contribution is 2.17. The van der Waals surface area contributed by atoms with E-state index in [0.717, 1.165) is 18.9 Å². The minimum absolute atomic E-state index is 0.650. The van der Waals surface area contributed by atoms with Crippen molar-refractivity contribution in [3.8, 4) is 6.07 Å². The Morgan fingerprint density at radius 2 is 2.07 bits per heavy atom. The van der Waals surface area contributed by atoms with Gasteiger partial charge in [-0.2, -0.15) is 5.26 Å². The van der Waals surface area contributed by atoms with Crippen LogP contribution < -0.4 is 5.73 Å². The molecule has 0 bridgehead atoms. The molecule has 14 heavy (non-hydrogen) atoms. The molecule has 0 aromatic heterocycles. The van der Waals surface area contributed by atoms with Crippen molar-refractivity contribution in [1.82, 2.24) is 4.90 Å². The minimum Gasteiger partial charge on any atom is -0.314 e. The Morgan fingerprint density at radius 1 is 1.50 bits per heavy atom. The lowest BCUT2D eigenvalue weighted by Crippen LogP contribution is -2.41. The van der Waals surface area contributed by atoms with Gasteiger partial charge in [-0.05, 0) is 45.2 Å². The van der Waals surface area contributed by atoms with Gasteiger partial charge in [0.25, 0.3) is 0 Å². The normalized spacial score (nSPS) is 24.1. The summed E-state index contributed by atoms with van der Waals surface area (Å²) >= 11 is 0. The van der Waals surface area contributed by atoms with Gasteiger partial charge in [-0.3, -0.25) is 0 Å². The smallest absolute Gasteiger partial charge is 0.102 e. The van der Waals surface area contributed by atoms with Gasteiger partial charge in [0.05, 0.1) is 6.07 Å². The van der Waals surface area contributed by atoms with Crippen molar-refractivity contribution in [2.45, 2.75) is 38.6 Å². The highest BCUT2D eigenvalue weighted by Gasteiger charge is 2.21.